The molecule has 0 radical (unpaired) electrons. The lowest BCUT2D eigenvalue weighted by Crippen LogP contribution is -2.23. The van der Waals surface area contributed by atoms with Gasteiger partial charge in [0.1, 0.15) is 12.2 Å². The number of rotatable bonds is 5. The van der Waals surface area contributed by atoms with Crippen LogP contribution in [-0.2, 0) is 13.6 Å². The molecule has 74 valence electrons. The highest BCUT2D eigenvalue weighted by molar-refractivity contribution is 7.99. The number of nitrogens with one attached hydrogen (secondary N) is 1. The molecule has 1 heterocycles. The minimum absolute atomic E-state index is 0.647. The maximum absolute atomic E-state index is 3.98. The number of thioether (sulfide) groups is 1. The van der Waals surface area contributed by atoms with Crippen LogP contribution in [0.4, 0.5) is 0 Å². The Hall–Kier alpha value is -0.550. The molecule has 1 N–H and O–H groups in total. The lowest BCUT2D eigenvalue weighted by molar-refractivity contribution is 0.635. The molecular weight excluding hydrogens is 184 g/mol. The first-order valence-corrected chi connectivity index (χ1v) is 5.59. The van der Waals surface area contributed by atoms with Crippen LogP contribution in [0.3, 0.4) is 0 Å². The van der Waals surface area contributed by atoms with E-state index in [-0.39, 0.29) is 0 Å². The molecule has 0 fully saturated rings. The number of hydrogen-bond donors (Lipinski definition) is 1. The molecule has 1 rings (SSSR count). The van der Waals surface area contributed by atoms with E-state index in [2.05, 4.69) is 28.7 Å². The Morgan fingerprint density at radius 2 is 2.46 bits per heavy atom. The minimum Gasteiger partial charge on any atom is -0.320 e. The molecule has 0 aliphatic heterocycles. The van der Waals surface area contributed by atoms with Crippen LogP contribution in [0.25, 0.3) is 0 Å². The average Bonchev–Trinajstić information content (AvgIpc) is 2.52. The highest BCUT2D eigenvalue weighted by atomic mass is 32.2. The second-order valence-corrected chi connectivity index (χ2v) is 4.31. The van der Waals surface area contributed by atoms with E-state index in [1.54, 1.807) is 6.33 Å². The van der Waals surface area contributed by atoms with Crippen LogP contribution < -0.4 is 5.32 Å². The fourth-order valence-electron chi connectivity index (χ4n) is 0.938. The summed E-state index contributed by atoms with van der Waals surface area (Å²) in [5.41, 5.74) is 0. The molecule has 1 atom stereocenters. The van der Waals surface area contributed by atoms with Crippen molar-refractivity contribution in [2.45, 2.75) is 18.7 Å². The second kappa shape index (κ2) is 5.24. The van der Waals surface area contributed by atoms with Gasteiger partial charge in [-0.2, -0.15) is 11.8 Å². The third kappa shape index (κ3) is 3.36. The van der Waals surface area contributed by atoms with Gasteiger partial charge in [-0.25, -0.2) is 0 Å². The number of nitrogens with zero attached hydrogens (tertiary/aromatic N) is 3. The molecule has 5 heteroatoms. The monoisotopic (exact) mass is 200 g/mol. The summed E-state index contributed by atoms with van der Waals surface area (Å²) in [6.45, 7) is 4.00. The number of aryl methyl sites for hydroxylation is 1. The molecule has 0 bridgehead atoms. The van der Waals surface area contributed by atoms with Gasteiger partial charge >= 0.3 is 0 Å². The van der Waals surface area contributed by atoms with Crippen molar-refractivity contribution < 1.29 is 0 Å². The molecule has 1 unspecified atom stereocenters. The Morgan fingerprint density at radius 3 is 3.00 bits per heavy atom. The zero-order valence-electron chi connectivity index (χ0n) is 8.32. The van der Waals surface area contributed by atoms with Gasteiger partial charge < -0.3 is 9.88 Å². The van der Waals surface area contributed by atoms with Gasteiger partial charge in [0.15, 0.2) is 0 Å². The van der Waals surface area contributed by atoms with Crippen molar-refractivity contribution in [3.63, 3.8) is 0 Å². The molecule has 1 aromatic rings. The fourth-order valence-corrected chi connectivity index (χ4v) is 1.22. The maximum Gasteiger partial charge on any atom is 0.146 e. The third-order valence-corrected chi connectivity index (χ3v) is 2.89. The predicted octanol–water partition coefficient (Wildman–Crippen LogP) is 0.656. The molecule has 4 nitrogen and oxygen atoms in total. The zero-order chi connectivity index (χ0) is 9.68. The SMILES string of the molecule is CSC(C)CNCc1nncn1C. The molecule has 0 aromatic carbocycles. The summed E-state index contributed by atoms with van der Waals surface area (Å²) in [6.07, 6.45) is 3.84. The Kier molecular flexibility index (Phi) is 4.24. The molecule has 0 aliphatic carbocycles. The van der Waals surface area contributed by atoms with Gasteiger partial charge in [-0.15, -0.1) is 10.2 Å². The van der Waals surface area contributed by atoms with Crippen LogP contribution in [0.5, 0.6) is 0 Å². The standard InChI is InChI=1S/C8H16N4S/c1-7(13-3)4-9-5-8-11-10-6-12(8)2/h6-7,9H,4-5H2,1-3H3. The van der Waals surface area contributed by atoms with Crippen LogP contribution in [0, 0.1) is 0 Å². The van der Waals surface area contributed by atoms with E-state index in [4.69, 9.17) is 0 Å². The topological polar surface area (TPSA) is 42.7 Å². The summed E-state index contributed by atoms with van der Waals surface area (Å²) in [4.78, 5) is 0. The Labute approximate surface area is 83.1 Å². The first kappa shape index (κ1) is 10.5. The van der Waals surface area contributed by atoms with Crippen molar-refractivity contribution in [3.05, 3.63) is 12.2 Å². The predicted molar refractivity (Wildman–Crippen MR) is 55.7 cm³/mol. The Balaban J connectivity index is 2.24. The lowest BCUT2D eigenvalue weighted by Gasteiger charge is -2.08. The van der Waals surface area contributed by atoms with Crippen molar-refractivity contribution in [2.75, 3.05) is 12.8 Å². The lowest BCUT2D eigenvalue weighted by atomic mass is 10.4. The molecule has 1 aromatic heterocycles. The van der Waals surface area contributed by atoms with Crippen molar-refractivity contribution in [3.8, 4) is 0 Å². The normalized spacial score (nSPS) is 13.2. The van der Waals surface area contributed by atoms with E-state index in [0.717, 1.165) is 18.9 Å². The second-order valence-electron chi connectivity index (χ2n) is 3.04. The summed E-state index contributed by atoms with van der Waals surface area (Å²) in [5, 5.41) is 11.8. The van der Waals surface area contributed by atoms with Crippen LogP contribution in [-0.4, -0.2) is 32.8 Å². The minimum atomic E-state index is 0.647. The van der Waals surface area contributed by atoms with Gasteiger partial charge in [0.2, 0.25) is 0 Å². The van der Waals surface area contributed by atoms with Crippen molar-refractivity contribution in [1.82, 2.24) is 20.1 Å². The molecule has 13 heavy (non-hydrogen) atoms. The van der Waals surface area contributed by atoms with Crippen molar-refractivity contribution >= 4 is 11.8 Å². The summed E-state index contributed by atoms with van der Waals surface area (Å²) < 4.78 is 1.93. The van der Waals surface area contributed by atoms with E-state index >= 15 is 0 Å². The summed E-state index contributed by atoms with van der Waals surface area (Å²) >= 11 is 1.86. The molecular formula is C8H16N4S. The molecule has 0 amide bonds. The largest absolute Gasteiger partial charge is 0.320 e. The Bertz CT molecular complexity index is 248. The van der Waals surface area contributed by atoms with Gasteiger partial charge in [0, 0.05) is 18.8 Å². The van der Waals surface area contributed by atoms with Crippen LogP contribution in [0.1, 0.15) is 12.7 Å². The maximum atomic E-state index is 3.98. The van der Waals surface area contributed by atoms with Gasteiger partial charge in [-0.1, -0.05) is 6.92 Å². The molecule has 0 spiro atoms. The summed E-state index contributed by atoms with van der Waals surface area (Å²) in [5.74, 6) is 0.980. The van der Waals surface area contributed by atoms with Crippen molar-refractivity contribution in [2.24, 2.45) is 7.05 Å². The van der Waals surface area contributed by atoms with Crippen LogP contribution >= 0.6 is 11.8 Å². The van der Waals surface area contributed by atoms with E-state index in [1.807, 2.05) is 23.4 Å². The highest BCUT2D eigenvalue weighted by Crippen LogP contribution is 2.02. The quantitative estimate of drug-likeness (QED) is 0.758. The Morgan fingerprint density at radius 1 is 1.69 bits per heavy atom. The highest BCUT2D eigenvalue weighted by Gasteiger charge is 2.01. The first-order chi connectivity index (χ1) is 6.24. The average molecular weight is 200 g/mol. The van der Waals surface area contributed by atoms with E-state index < -0.39 is 0 Å². The van der Waals surface area contributed by atoms with E-state index in [0.29, 0.717) is 5.25 Å². The van der Waals surface area contributed by atoms with Crippen LogP contribution in [0.2, 0.25) is 0 Å². The molecule has 0 aliphatic rings. The van der Waals surface area contributed by atoms with Crippen LogP contribution in [0.15, 0.2) is 6.33 Å². The fraction of sp³-hybridized carbons (Fsp3) is 0.750. The van der Waals surface area contributed by atoms with Gasteiger partial charge in [-0.05, 0) is 6.26 Å². The zero-order valence-corrected chi connectivity index (χ0v) is 9.14. The summed E-state index contributed by atoms with van der Waals surface area (Å²) in [6, 6.07) is 0. The molecule has 0 saturated heterocycles. The number of hydrogen-bond acceptors (Lipinski definition) is 4. The van der Waals surface area contributed by atoms with Gasteiger partial charge in [-0.3, -0.25) is 0 Å². The summed E-state index contributed by atoms with van der Waals surface area (Å²) in [7, 11) is 1.95. The van der Waals surface area contributed by atoms with Gasteiger partial charge in [0.05, 0.1) is 6.54 Å². The van der Waals surface area contributed by atoms with E-state index in [9.17, 15) is 0 Å². The van der Waals surface area contributed by atoms with Gasteiger partial charge in [0.25, 0.3) is 0 Å². The smallest absolute Gasteiger partial charge is 0.146 e. The number of aromatic nitrogens is 3. The first-order valence-electron chi connectivity index (χ1n) is 4.30. The molecule has 0 saturated carbocycles. The van der Waals surface area contributed by atoms with Crippen molar-refractivity contribution in [1.29, 1.82) is 0 Å². The van der Waals surface area contributed by atoms with E-state index in [1.165, 1.54) is 0 Å². The third-order valence-electron chi connectivity index (χ3n) is 1.92.